The Morgan fingerprint density at radius 1 is 1.45 bits per heavy atom. The molecule has 2 heterocycles. The van der Waals surface area contributed by atoms with E-state index in [0.717, 1.165) is 4.96 Å². The van der Waals surface area contributed by atoms with E-state index in [4.69, 9.17) is 11.6 Å². The third-order valence-corrected chi connectivity index (χ3v) is 3.62. The van der Waals surface area contributed by atoms with E-state index in [1.54, 1.807) is 10.5 Å². The number of fused-ring (bicyclic) bond motifs is 1. The summed E-state index contributed by atoms with van der Waals surface area (Å²) >= 11 is 7.48. The van der Waals surface area contributed by atoms with Crippen LogP contribution in [0.25, 0.3) is 11.0 Å². The van der Waals surface area contributed by atoms with Gasteiger partial charge in [0.1, 0.15) is 0 Å². The highest BCUT2D eigenvalue weighted by Gasteiger charge is 2.14. The van der Waals surface area contributed by atoms with Gasteiger partial charge >= 0.3 is 0 Å². The van der Waals surface area contributed by atoms with Crippen LogP contribution in [0, 0.1) is 0 Å². The molecule has 0 aromatic carbocycles. The lowest BCUT2D eigenvalue weighted by molar-refractivity contribution is -0.124. The molecule has 0 saturated carbocycles. The number of halogens is 1. The Morgan fingerprint density at radius 3 is 2.86 bits per heavy atom. The van der Waals surface area contributed by atoms with Crippen LogP contribution >= 0.6 is 22.9 Å². The van der Waals surface area contributed by atoms with E-state index >= 15 is 0 Å². The topological polar surface area (TPSA) is 75.5 Å². The van der Waals surface area contributed by atoms with Gasteiger partial charge in [0.15, 0.2) is 10.1 Å². The molecule has 2 rings (SSSR count). The summed E-state index contributed by atoms with van der Waals surface area (Å²) in [5.41, 5.74) is 0.306. The van der Waals surface area contributed by atoms with Crippen molar-refractivity contribution in [1.82, 2.24) is 20.0 Å². The molecule has 2 aromatic heterocycles. The molecule has 0 aliphatic rings. The van der Waals surface area contributed by atoms with E-state index in [1.807, 2.05) is 32.3 Å². The predicted octanol–water partition coefficient (Wildman–Crippen LogP) is 2.09. The van der Waals surface area contributed by atoms with Crippen molar-refractivity contribution in [1.29, 1.82) is 0 Å². The molecule has 118 valence electrons. The van der Waals surface area contributed by atoms with Gasteiger partial charge in [0.05, 0.1) is 12.2 Å². The van der Waals surface area contributed by atoms with Crippen LogP contribution in [0.15, 0.2) is 17.7 Å². The summed E-state index contributed by atoms with van der Waals surface area (Å²) in [4.78, 5) is 28.3. The van der Waals surface area contributed by atoms with Crippen molar-refractivity contribution in [2.24, 2.45) is 0 Å². The highest BCUT2D eigenvalue weighted by molar-refractivity contribution is 7.15. The van der Waals surface area contributed by atoms with Crippen molar-refractivity contribution in [2.75, 3.05) is 6.54 Å². The summed E-state index contributed by atoms with van der Waals surface area (Å²) in [6.07, 6.45) is 4.73. The van der Waals surface area contributed by atoms with Crippen molar-refractivity contribution < 1.29 is 9.59 Å². The van der Waals surface area contributed by atoms with Gasteiger partial charge in [0.25, 0.3) is 0 Å². The molecule has 8 heteroatoms. The third kappa shape index (κ3) is 4.32. The Hall–Kier alpha value is -1.86. The Morgan fingerprint density at radius 2 is 2.18 bits per heavy atom. The number of amides is 2. The zero-order chi connectivity index (χ0) is 16.3. The number of aromatic nitrogens is 2. The van der Waals surface area contributed by atoms with Gasteiger partial charge in [0, 0.05) is 23.2 Å². The first-order valence-electron chi connectivity index (χ1n) is 6.64. The van der Waals surface area contributed by atoms with Crippen LogP contribution in [0.4, 0.5) is 0 Å². The molecule has 0 bridgehead atoms. The quantitative estimate of drug-likeness (QED) is 0.837. The minimum atomic E-state index is -0.370. The van der Waals surface area contributed by atoms with Crippen LogP contribution < -0.4 is 10.6 Å². The van der Waals surface area contributed by atoms with E-state index in [1.165, 1.54) is 17.4 Å². The molecule has 0 radical (unpaired) electrons. The van der Waals surface area contributed by atoms with E-state index in [9.17, 15) is 9.59 Å². The van der Waals surface area contributed by atoms with E-state index < -0.39 is 0 Å². The number of imidazole rings is 1. The molecule has 0 saturated heterocycles. The van der Waals surface area contributed by atoms with E-state index in [-0.39, 0.29) is 23.9 Å². The zero-order valence-corrected chi connectivity index (χ0v) is 14.1. The smallest absolute Gasteiger partial charge is 0.244 e. The molecule has 0 atom stereocenters. The molecular formula is C14H17ClN4O2S. The number of carbonyl (C=O) groups is 2. The summed E-state index contributed by atoms with van der Waals surface area (Å²) in [6, 6.07) is 0. The normalized spacial score (nSPS) is 12.0. The monoisotopic (exact) mass is 340 g/mol. The number of carbonyl (C=O) groups excluding carboxylic acids is 2. The summed E-state index contributed by atoms with van der Waals surface area (Å²) in [5.74, 6) is -0.609. The number of hydrogen-bond donors (Lipinski definition) is 2. The summed E-state index contributed by atoms with van der Waals surface area (Å²) in [5, 5.41) is 7.50. The van der Waals surface area contributed by atoms with Gasteiger partial charge in [-0.05, 0) is 26.8 Å². The molecule has 22 heavy (non-hydrogen) atoms. The molecule has 2 amide bonds. The Kier molecular flexibility index (Phi) is 4.87. The SMILES string of the molecule is CC(C)(C)NC(=O)CNC(=O)/C=C/c1c(Cl)nc2sccn12. The summed E-state index contributed by atoms with van der Waals surface area (Å²) < 4.78 is 1.79. The minimum absolute atomic E-state index is 0.0750. The van der Waals surface area contributed by atoms with Crippen LogP contribution in [0.2, 0.25) is 5.15 Å². The molecule has 6 nitrogen and oxygen atoms in total. The fraction of sp³-hybridized carbons (Fsp3) is 0.357. The van der Waals surface area contributed by atoms with Crippen LogP contribution in [0.5, 0.6) is 0 Å². The Labute approximate surface area is 137 Å². The largest absolute Gasteiger partial charge is 0.350 e. The van der Waals surface area contributed by atoms with Gasteiger partial charge in [-0.2, -0.15) is 0 Å². The van der Waals surface area contributed by atoms with Gasteiger partial charge in [-0.1, -0.05) is 11.6 Å². The van der Waals surface area contributed by atoms with Crippen LogP contribution in [0.1, 0.15) is 26.5 Å². The average Bonchev–Trinajstić information content (AvgIpc) is 2.93. The predicted molar refractivity (Wildman–Crippen MR) is 88.0 cm³/mol. The second-order valence-corrected chi connectivity index (χ2v) is 6.92. The number of thiazole rings is 1. The molecular weight excluding hydrogens is 324 g/mol. The molecule has 2 N–H and O–H groups in total. The molecule has 0 unspecified atom stereocenters. The van der Waals surface area contributed by atoms with Crippen molar-refractivity contribution >= 4 is 45.8 Å². The number of nitrogens with one attached hydrogen (secondary N) is 2. The fourth-order valence-electron chi connectivity index (χ4n) is 1.77. The molecule has 0 aliphatic heterocycles. The van der Waals surface area contributed by atoms with E-state index in [2.05, 4.69) is 15.6 Å². The first-order valence-corrected chi connectivity index (χ1v) is 7.90. The molecule has 0 fully saturated rings. The Bertz CT molecular complexity index is 727. The highest BCUT2D eigenvalue weighted by Crippen LogP contribution is 2.22. The number of hydrogen-bond acceptors (Lipinski definition) is 4. The van der Waals surface area contributed by atoms with Crippen molar-refractivity contribution in [2.45, 2.75) is 26.3 Å². The number of nitrogens with zero attached hydrogens (tertiary/aromatic N) is 2. The zero-order valence-electron chi connectivity index (χ0n) is 12.5. The first-order chi connectivity index (χ1) is 10.3. The maximum absolute atomic E-state index is 11.7. The first kappa shape index (κ1) is 16.5. The fourth-order valence-corrected chi connectivity index (χ4v) is 2.77. The van der Waals surface area contributed by atoms with E-state index in [0.29, 0.717) is 10.8 Å². The maximum Gasteiger partial charge on any atom is 0.244 e. The lowest BCUT2D eigenvalue weighted by Gasteiger charge is -2.20. The van der Waals surface area contributed by atoms with Crippen molar-refractivity contribution in [3.63, 3.8) is 0 Å². The van der Waals surface area contributed by atoms with Gasteiger partial charge in [-0.15, -0.1) is 11.3 Å². The Balaban J connectivity index is 1.93. The lowest BCUT2D eigenvalue weighted by Crippen LogP contribution is -2.45. The summed E-state index contributed by atoms with van der Waals surface area (Å²) in [7, 11) is 0. The lowest BCUT2D eigenvalue weighted by atomic mass is 10.1. The van der Waals surface area contributed by atoms with Gasteiger partial charge in [-0.25, -0.2) is 4.98 Å². The maximum atomic E-state index is 11.7. The van der Waals surface area contributed by atoms with Gasteiger partial charge < -0.3 is 10.6 Å². The van der Waals surface area contributed by atoms with Gasteiger partial charge in [0.2, 0.25) is 11.8 Å². The van der Waals surface area contributed by atoms with Crippen molar-refractivity contribution in [3.05, 3.63) is 28.5 Å². The second kappa shape index (κ2) is 6.50. The summed E-state index contributed by atoms with van der Waals surface area (Å²) in [6.45, 7) is 5.55. The van der Waals surface area contributed by atoms with Crippen LogP contribution in [-0.2, 0) is 9.59 Å². The number of rotatable bonds is 4. The van der Waals surface area contributed by atoms with Crippen LogP contribution in [-0.4, -0.2) is 33.3 Å². The van der Waals surface area contributed by atoms with Crippen LogP contribution in [0.3, 0.4) is 0 Å². The molecule has 2 aromatic rings. The van der Waals surface area contributed by atoms with Gasteiger partial charge in [-0.3, -0.25) is 14.0 Å². The highest BCUT2D eigenvalue weighted by atomic mass is 35.5. The second-order valence-electron chi connectivity index (χ2n) is 5.69. The average molecular weight is 341 g/mol. The molecule has 0 spiro atoms. The minimum Gasteiger partial charge on any atom is -0.350 e. The third-order valence-electron chi connectivity index (χ3n) is 2.58. The van der Waals surface area contributed by atoms with Crippen molar-refractivity contribution in [3.8, 4) is 0 Å². The standard InChI is InChI=1S/C14H17ClN4O2S/c1-14(2,3)18-11(21)8-16-10(20)5-4-9-12(15)17-13-19(9)6-7-22-13/h4-7H,8H2,1-3H3,(H,16,20)(H,18,21)/b5-4+. The molecule has 0 aliphatic carbocycles.